The van der Waals surface area contributed by atoms with E-state index >= 15 is 0 Å². The highest BCUT2D eigenvalue weighted by Gasteiger charge is 2.45. The molecule has 24 heavy (non-hydrogen) atoms. The second-order valence-corrected chi connectivity index (χ2v) is 7.19. The molecule has 1 aliphatic heterocycles. The third-order valence-electron chi connectivity index (χ3n) is 5.12. The molecule has 0 unspecified atom stereocenters. The van der Waals surface area contributed by atoms with Crippen molar-refractivity contribution in [2.75, 3.05) is 13.1 Å². The molecule has 1 aromatic carbocycles. The van der Waals surface area contributed by atoms with Gasteiger partial charge < -0.3 is 10.1 Å². The lowest BCUT2D eigenvalue weighted by molar-refractivity contribution is -0.0371. The van der Waals surface area contributed by atoms with Crippen molar-refractivity contribution in [2.24, 2.45) is 5.41 Å². The van der Waals surface area contributed by atoms with Crippen LogP contribution in [0.1, 0.15) is 25.7 Å². The fourth-order valence-corrected chi connectivity index (χ4v) is 3.96. The Morgan fingerprint density at radius 3 is 2.62 bits per heavy atom. The van der Waals surface area contributed by atoms with Gasteiger partial charge >= 0.3 is 0 Å². The summed E-state index contributed by atoms with van der Waals surface area (Å²) in [5, 5.41) is 12.1. The van der Waals surface area contributed by atoms with Gasteiger partial charge in [-0.2, -0.15) is 0 Å². The lowest BCUT2D eigenvalue weighted by atomic mass is 9.62. The van der Waals surface area contributed by atoms with Crippen LogP contribution in [0.5, 0.6) is 5.88 Å². The van der Waals surface area contributed by atoms with Gasteiger partial charge in [0.25, 0.3) is 0 Å². The Labute approximate surface area is 145 Å². The molecular formula is C18H19ClFN3O. The molecule has 1 aliphatic carbocycles. The molecule has 1 aromatic heterocycles. The highest BCUT2D eigenvalue weighted by Crippen LogP contribution is 2.49. The maximum atomic E-state index is 13.4. The summed E-state index contributed by atoms with van der Waals surface area (Å²) in [4.78, 5) is 0. The number of aromatic nitrogens is 2. The zero-order chi connectivity index (χ0) is 16.6. The number of hydrogen-bond acceptors (Lipinski definition) is 4. The minimum atomic E-state index is -0.349. The van der Waals surface area contributed by atoms with E-state index in [0.29, 0.717) is 27.6 Å². The smallest absolute Gasteiger partial charge is 0.233 e. The number of hydrogen-bond donors (Lipinski definition) is 1. The first-order valence-electron chi connectivity index (χ1n) is 8.30. The normalized spacial score (nSPS) is 19.9. The van der Waals surface area contributed by atoms with Crippen LogP contribution < -0.4 is 10.1 Å². The van der Waals surface area contributed by atoms with E-state index in [0.717, 1.165) is 25.9 Å². The van der Waals surface area contributed by atoms with Gasteiger partial charge in [0.2, 0.25) is 5.88 Å². The predicted octanol–water partition coefficient (Wildman–Crippen LogP) is 3.85. The van der Waals surface area contributed by atoms with E-state index in [1.807, 2.05) is 0 Å². The van der Waals surface area contributed by atoms with Crippen LogP contribution in [0.3, 0.4) is 0 Å². The molecule has 2 fully saturated rings. The average Bonchev–Trinajstić information content (AvgIpc) is 2.57. The molecule has 2 aliphatic rings. The molecule has 1 N–H and O–H groups in total. The van der Waals surface area contributed by atoms with Gasteiger partial charge in [0, 0.05) is 11.6 Å². The van der Waals surface area contributed by atoms with E-state index in [1.54, 1.807) is 12.1 Å². The van der Waals surface area contributed by atoms with Crippen molar-refractivity contribution in [3.8, 4) is 17.1 Å². The molecule has 2 heterocycles. The lowest BCUT2D eigenvalue weighted by Gasteiger charge is -2.49. The van der Waals surface area contributed by atoms with Crippen LogP contribution in [0.25, 0.3) is 11.3 Å². The van der Waals surface area contributed by atoms with Gasteiger partial charge in [-0.05, 0) is 68.5 Å². The standard InChI is InChI=1S/C18H19ClFN3O/c19-15-2-1-12(20)9-14(15)16-3-4-17(23-22-16)24-13-10-18(11-13)5-7-21-8-6-18/h1-4,9,13,21H,5-8,10-11H2. The van der Waals surface area contributed by atoms with Gasteiger partial charge in [-0.3, -0.25) is 0 Å². The van der Waals surface area contributed by atoms with Gasteiger partial charge in [-0.15, -0.1) is 10.2 Å². The molecule has 1 spiro atoms. The molecular weight excluding hydrogens is 329 g/mol. The van der Waals surface area contributed by atoms with Gasteiger partial charge in [0.15, 0.2) is 0 Å². The predicted molar refractivity (Wildman–Crippen MR) is 90.6 cm³/mol. The van der Waals surface area contributed by atoms with E-state index in [1.165, 1.54) is 31.0 Å². The van der Waals surface area contributed by atoms with Crippen molar-refractivity contribution in [3.63, 3.8) is 0 Å². The van der Waals surface area contributed by atoms with Crippen LogP contribution in [0, 0.1) is 11.2 Å². The van der Waals surface area contributed by atoms with Crippen LogP contribution in [-0.2, 0) is 0 Å². The first-order valence-corrected chi connectivity index (χ1v) is 8.68. The number of nitrogens with zero attached hydrogens (tertiary/aromatic N) is 2. The number of piperidine rings is 1. The minimum Gasteiger partial charge on any atom is -0.473 e. The first-order chi connectivity index (χ1) is 11.6. The molecule has 126 valence electrons. The Balaban J connectivity index is 1.41. The molecule has 4 nitrogen and oxygen atoms in total. The van der Waals surface area contributed by atoms with Crippen LogP contribution in [0.2, 0.25) is 5.02 Å². The molecule has 0 radical (unpaired) electrons. The summed E-state index contributed by atoms with van der Waals surface area (Å²) >= 11 is 6.10. The molecule has 0 atom stereocenters. The van der Waals surface area contributed by atoms with Crippen molar-refractivity contribution in [3.05, 3.63) is 41.2 Å². The van der Waals surface area contributed by atoms with E-state index in [-0.39, 0.29) is 11.9 Å². The zero-order valence-electron chi connectivity index (χ0n) is 13.3. The lowest BCUT2D eigenvalue weighted by Crippen LogP contribution is -2.49. The first kappa shape index (κ1) is 15.8. The molecule has 0 bridgehead atoms. The Bertz CT molecular complexity index is 724. The fraction of sp³-hybridized carbons (Fsp3) is 0.444. The second kappa shape index (κ2) is 6.30. The topological polar surface area (TPSA) is 47.0 Å². The molecule has 1 saturated carbocycles. The summed E-state index contributed by atoms with van der Waals surface area (Å²) in [6, 6.07) is 7.74. The van der Waals surface area contributed by atoms with Crippen molar-refractivity contribution >= 4 is 11.6 Å². The Morgan fingerprint density at radius 1 is 1.12 bits per heavy atom. The Kier molecular flexibility index (Phi) is 4.14. The van der Waals surface area contributed by atoms with Gasteiger partial charge in [0.05, 0.1) is 10.7 Å². The van der Waals surface area contributed by atoms with E-state index < -0.39 is 0 Å². The monoisotopic (exact) mass is 347 g/mol. The van der Waals surface area contributed by atoms with E-state index in [4.69, 9.17) is 16.3 Å². The van der Waals surface area contributed by atoms with Crippen LogP contribution >= 0.6 is 11.6 Å². The zero-order valence-corrected chi connectivity index (χ0v) is 14.0. The van der Waals surface area contributed by atoms with Crippen LogP contribution in [0.15, 0.2) is 30.3 Å². The van der Waals surface area contributed by atoms with E-state index in [2.05, 4.69) is 15.5 Å². The number of ether oxygens (including phenoxy) is 1. The van der Waals surface area contributed by atoms with Gasteiger partial charge in [-0.1, -0.05) is 11.6 Å². The molecule has 6 heteroatoms. The third-order valence-corrected chi connectivity index (χ3v) is 5.45. The molecule has 4 rings (SSSR count). The maximum absolute atomic E-state index is 13.4. The van der Waals surface area contributed by atoms with Crippen molar-refractivity contribution in [1.29, 1.82) is 0 Å². The third kappa shape index (κ3) is 3.10. The average molecular weight is 348 g/mol. The number of benzene rings is 1. The van der Waals surface area contributed by atoms with Crippen LogP contribution in [0.4, 0.5) is 4.39 Å². The summed E-state index contributed by atoms with van der Waals surface area (Å²) in [7, 11) is 0. The maximum Gasteiger partial charge on any atom is 0.233 e. The summed E-state index contributed by atoms with van der Waals surface area (Å²) in [6.07, 6.45) is 4.87. The quantitative estimate of drug-likeness (QED) is 0.916. The Morgan fingerprint density at radius 2 is 1.92 bits per heavy atom. The van der Waals surface area contributed by atoms with Crippen molar-refractivity contribution in [1.82, 2.24) is 15.5 Å². The summed E-state index contributed by atoms with van der Waals surface area (Å²) < 4.78 is 19.3. The SMILES string of the molecule is Fc1ccc(Cl)c(-c2ccc(OC3CC4(CCNCC4)C3)nn2)c1. The molecule has 2 aromatic rings. The Hall–Kier alpha value is -1.72. The van der Waals surface area contributed by atoms with Gasteiger partial charge in [-0.25, -0.2) is 4.39 Å². The second-order valence-electron chi connectivity index (χ2n) is 6.78. The highest BCUT2D eigenvalue weighted by atomic mass is 35.5. The largest absolute Gasteiger partial charge is 0.473 e. The number of nitrogens with one attached hydrogen (secondary N) is 1. The molecule has 0 amide bonds. The fourth-order valence-electron chi connectivity index (χ4n) is 3.75. The number of rotatable bonds is 3. The molecule has 1 saturated heterocycles. The van der Waals surface area contributed by atoms with E-state index in [9.17, 15) is 4.39 Å². The highest BCUT2D eigenvalue weighted by molar-refractivity contribution is 6.33. The van der Waals surface area contributed by atoms with Gasteiger partial charge in [0.1, 0.15) is 11.9 Å². The van der Waals surface area contributed by atoms with Crippen molar-refractivity contribution < 1.29 is 9.13 Å². The number of halogens is 2. The van der Waals surface area contributed by atoms with Crippen LogP contribution in [-0.4, -0.2) is 29.4 Å². The summed E-state index contributed by atoms with van der Waals surface area (Å²) in [5.74, 6) is 0.165. The van der Waals surface area contributed by atoms with Crippen molar-refractivity contribution in [2.45, 2.75) is 31.8 Å². The summed E-state index contributed by atoms with van der Waals surface area (Å²) in [6.45, 7) is 2.21. The minimum absolute atomic E-state index is 0.223. The summed E-state index contributed by atoms with van der Waals surface area (Å²) in [5.41, 5.74) is 1.54.